The van der Waals surface area contributed by atoms with Crippen molar-refractivity contribution in [2.24, 2.45) is 11.8 Å². The number of nitrogens with zero attached hydrogens (tertiary/aromatic N) is 4. The summed E-state index contributed by atoms with van der Waals surface area (Å²) in [6.45, 7) is 2.33. The molecule has 1 aromatic rings. The summed E-state index contributed by atoms with van der Waals surface area (Å²) >= 11 is 0. The van der Waals surface area contributed by atoms with Crippen LogP contribution in [0.15, 0.2) is 12.7 Å². The fourth-order valence-electron chi connectivity index (χ4n) is 4.52. The molecule has 1 N–H and O–H groups in total. The van der Waals surface area contributed by atoms with E-state index in [0.29, 0.717) is 25.4 Å². The van der Waals surface area contributed by atoms with Crippen LogP contribution in [0.4, 0.5) is 0 Å². The van der Waals surface area contributed by atoms with Crippen LogP contribution >= 0.6 is 0 Å². The summed E-state index contributed by atoms with van der Waals surface area (Å²) in [5.41, 5.74) is -0.167. The van der Waals surface area contributed by atoms with Gasteiger partial charge < -0.3 is 14.7 Å². The molecule has 22 heavy (non-hydrogen) atoms. The predicted octanol–water partition coefficient (Wildman–Crippen LogP) is 0.0566. The zero-order valence-electron chi connectivity index (χ0n) is 12.6. The second-order valence-electron chi connectivity index (χ2n) is 6.75. The van der Waals surface area contributed by atoms with E-state index in [1.807, 2.05) is 4.90 Å². The zero-order valence-corrected chi connectivity index (χ0v) is 12.6. The molecule has 0 aromatic carbocycles. The summed E-state index contributed by atoms with van der Waals surface area (Å²) in [6.07, 6.45) is 6.73. The molecule has 0 saturated carbocycles. The summed E-state index contributed by atoms with van der Waals surface area (Å²) < 4.78 is 7.90. The van der Waals surface area contributed by atoms with Crippen LogP contribution in [0.5, 0.6) is 0 Å². The normalized spacial score (nSPS) is 36.0. The van der Waals surface area contributed by atoms with Gasteiger partial charge in [0.25, 0.3) is 0 Å². The third-order valence-electron chi connectivity index (χ3n) is 5.59. The number of aliphatic hydroxyl groups is 1. The van der Waals surface area contributed by atoms with E-state index in [9.17, 15) is 9.90 Å². The highest BCUT2D eigenvalue weighted by Crippen LogP contribution is 2.54. The molecule has 4 heterocycles. The van der Waals surface area contributed by atoms with Gasteiger partial charge >= 0.3 is 0 Å². The van der Waals surface area contributed by atoms with Crippen LogP contribution in [0.2, 0.25) is 0 Å². The number of carbonyl (C=O) groups excluding carboxylic acids is 1. The van der Waals surface area contributed by atoms with Crippen molar-refractivity contribution in [1.82, 2.24) is 19.7 Å². The Labute approximate surface area is 129 Å². The van der Waals surface area contributed by atoms with E-state index in [2.05, 4.69) is 10.1 Å². The van der Waals surface area contributed by atoms with Crippen LogP contribution in [0.25, 0.3) is 0 Å². The van der Waals surface area contributed by atoms with E-state index >= 15 is 0 Å². The van der Waals surface area contributed by atoms with Gasteiger partial charge in [-0.15, -0.1) is 0 Å². The monoisotopic (exact) mass is 306 g/mol. The summed E-state index contributed by atoms with van der Waals surface area (Å²) in [5, 5.41) is 13.6. The van der Waals surface area contributed by atoms with Crippen LogP contribution in [0, 0.1) is 11.8 Å². The molecule has 3 fully saturated rings. The summed E-state index contributed by atoms with van der Waals surface area (Å²) in [4.78, 5) is 18.3. The number of aromatic nitrogens is 3. The second kappa shape index (κ2) is 5.31. The molecule has 4 atom stereocenters. The number of amides is 1. The van der Waals surface area contributed by atoms with Gasteiger partial charge in [0, 0.05) is 38.0 Å². The molecule has 120 valence electrons. The van der Waals surface area contributed by atoms with Crippen LogP contribution in [-0.2, 0) is 16.1 Å². The minimum absolute atomic E-state index is 0.167. The number of fused-ring (bicyclic) bond motifs is 1. The predicted molar refractivity (Wildman–Crippen MR) is 76.7 cm³/mol. The lowest BCUT2D eigenvalue weighted by molar-refractivity contribution is -0.132. The van der Waals surface area contributed by atoms with Crippen molar-refractivity contribution in [2.45, 2.75) is 43.9 Å². The van der Waals surface area contributed by atoms with Gasteiger partial charge in [0.15, 0.2) is 0 Å². The summed E-state index contributed by atoms with van der Waals surface area (Å²) in [5.74, 6) is 0.713. The topological polar surface area (TPSA) is 80.5 Å². The Morgan fingerprint density at radius 3 is 3.18 bits per heavy atom. The first-order valence-electron chi connectivity index (χ1n) is 8.11. The van der Waals surface area contributed by atoms with Crippen LogP contribution in [0.3, 0.4) is 0 Å². The molecule has 2 bridgehead atoms. The van der Waals surface area contributed by atoms with Crippen molar-refractivity contribution in [3.63, 3.8) is 0 Å². The van der Waals surface area contributed by atoms with Crippen molar-refractivity contribution >= 4 is 5.91 Å². The van der Waals surface area contributed by atoms with Crippen LogP contribution in [-0.4, -0.2) is 62.1 Å². The Balaban J connectivity index is 1.33. The minimum Gasteiger partial charge on any atom is -0.396 e. The van der Waals surface area contributed by atoms with Gasteiger partial charge in [0.1, 0.15) is 12.7 Å². The zero-order chi connectivity index (χ0) is 15.2. The van der Waals surface area contributed by atoms with Gasteiger partial charge in [-0.3, -0.25) is 9.48 Å². The fraction of sp³-hybridized carbons (Fsp3) is 0.800. The Morgan fingerprint density at radius 1 is 1.50 bits per heavy atom. The van der Waals surface area contributed by atoms with Crippen molar-refractivity contribution in [1.29, 1.82) is 0 Å². The summed E-state index contributed by atoms with van der Waals surface area (Å²) in [7, 11) is 0. The van der Waals surface area contributed by atoms with Crippen LogP contribution < -0.4 is 0 Å². The van der Waals surface area contributed by atoms with Crippen molar-refractivity contribution in [2.75, 3.05) is 19.7 Å². The number of ether oxygens (including phenoxy) is 1. The fourth-order valence-corrected chi connectivity index (χ4v) is 4.52. The Bertz CT molecular complexity index is 549. The highest BCUT2D eigenvalue weighted by molar-refractivity contribution is 5.76. The van der Waals surface area contributed by atoms with Gasteiger partial charge in [-0.2, -0.15) is 5.10 Å². The molecule has 1 spiro atoms. The molecule has 0 aliphatic carbocycles. The Morgan fingerprint density at radius 2 is 2.41 bits per heavy atom. The average molecular weight is 306 g/mol. The van der Waals surface area contributed by atoms with E-state index in [1.165, 1.54) is 6.33 Å². The molecular weight excluding hydrogens is 284 g/mol. The number of carbonyl (C=O) groups is 1. The molecule has 0 unspecified atom stereocenters. The minimum atomic E-state index is -0.167. The molecule has 3 saturated heterocycles. The molecule has 0 radical (unpaired) electrons. The summed E-state index contributed by atoms with van der Waals surface area (Å²) in [6, 6.07) is 0. The van der Waals surface area contributed by atoms with Gasteiger partial charge in [-0.25, -0.2) is 4.98 Å². The average Bonchev–Trinajstić information content (AvgIpc) is 3.26. The van der Waals surface area contributed by atoms with E-state index in [-0.39, 0.29) is 30.1 Å². The van der Waals surface area contributed by atoms with Gasteiger partial charge in [-0.05, 0) is 19.3 Å². The Kier molecular flexibility index (Phi) is 3.41. The third kappa shape index (κ3) is 2.14. The maximum Gasteiger partial charge on any atom is 0.222 e. The molecule has 3 aliphatic heterocycles. The molecule has 7 nitrogen and oxygen atoms in total. The molecule has 1 amide bonds. The van der Waals surface area contributed by atoms with Crippen molar-refractivity contribution in [3.05, 3.63) is 12.7 Å². The molecule has 7 heteroatoms. The van der Waals surface area contributed by atoms with Gasteiger partial charge in [0.05, 0.1) is 18.2 Å². The van der Waals surface area contributed by atoms with E-state index in [0.717, 1.165) is 25.8 Å². The number of likely N-dealkylation sites (tertiary alicyclic amines) is 1. The van der Waals surface area contributed by atoms with Gasteiger partial charge in [-0.1, -0.05) is 0 Å². The van der Waals surface area contributed by atoms with E-state index in [4.69, 9.17) is 4.74 Å². The lowest BCUT2D eigenvalue weighted by atomic mass is 9.74. The quantitative estimate of drug-likeness (QED) is 0.832. The smallest absolute Gasteiger partial charge is 0.222 e. The SMILES string of the molecule is O=C(CCCn1cncn1)N1C[C@H]2[C@@H](CO)[C@@H]3CC[C@@]2(C1)O3. The molecular formula is C15H22N4O3. The Hall–Kier alpha value is -1.47. The van der Waals surface area contributed by atoms with Crippen molar-refractivity contribution in [3.8, 4) is 0 Å². The van der Waals surface area contributed by atoms with E-state index in [1.54, 1.807) is 11.0 Å². The number of hydrogen-bond acceptors (Lipinski definition) is 5. The van der Waals surface area contributed by atoms with E-state index < -0.39 is 0 Å². The third-order valence-corrected chi connectivity index (χ3v) is 5.59. The standard InChI is InChI=1S/C15H22N4O3/c20-7-11-12-6-18(8-15(12)4-3-13(11)22-15)14(21)2-1-5-19-10-16-9-17-19/h9-13,20H,1-8H2/t11-,12+,13+,15+/m1/s1. The lowest BCUT2D eigenvalue weighted by Crippen LogP contribution is -2.38. The highest BCUT2D eigenvalue weighted by Gasteiger charge is 2.63. The maximum absolute atomic E-state index is 12.4. The number of aryl methyl sites for hydroxylation is 1. The number of rotatable bonds is 5. The first-order valence-corrected chi connectivity index (χ1v) is 8.11. The lowest BCUT2D eigenvalue weighted by Gasteiger charge is -2.27. The molecule has 3 aliphatic rings. The largest absolute Gasteiger partial charge is 0.396 e. The maximum atomic E-state index is 12.4. The van der Waals surface area contributed by atoms with Crippen molar-refractivity contribution < 1.29 is 14.6 Å². The number of hydrogen-bond donors (Lipinski definition) is 1. The first-order chi connectivity index (χ1) is 10.7. The highest BCUT2D eigenvalue weighted by atomic mass is 16.5. The number of aliphatic hydroxyl groups excluding tert-OH is 1. The van der Waals surface area contributed by atoms with Gasteiger partial charge in [0.2, 0.25) is 5.91 Å². The second-order valence-corrected chi connectivity index (χ2v) is 6.75. The first kappa shape index (κ1) is 14.1. The van der Waals surface area contributed by atoms with Crippen LogP contribution in [0.1, 0.15) is 25.7 Å². The molecule has 4 rings (SSSR count). The molecule has 1 aromatic heterocycles.